The first-order chi connectivity index (χ1) is 14.6. The summed E-state index contributed by atoms with van der Waals surface area (Å²) in [7, 11) is 2.30. The molecule has 2 heterocycles. The second-order valence-electron chi connectivity index (χ2n) is 9.12. The van der Waals surface area contributed by atoms with E-state index in [0.717, 1.165) is 6.42 Å². The first-order valence-electron chi connectivity index (χ1n) is 11.5. The van der Waals surface area contributed by atoms with Crippen LogP contribution in [0, 0.1) is 5.92 Å². The van der Waals surface area contributed by atoms with Gasteiger partial charge in [-0.1, -0.05) is 60.7 Å². The van der Waals surface area contributed by atoms with Gasteiger partial charge < -0.3 is 15.5 Å². The Balaban J connectivity index is 1.69. The predicted octanol–water partition coefficient (Wildman–Crippen LogP) is 4.55. The van der Waals surface area contributed by atoms with Crippen LogP contribution in [0.1, 0.15) is 50.2 Å². The summed E-state index contributed by atoms with van der Waals surface area (Å²) in [6, 6.07) is 22.9. The largest absolute Gasteiger partial charge is 0.338 e. The monoisotopic (exact) mass is 405 g/mol. The topological polar surface area (TPSA) is 44.4 Å². The minimum atomic E-state index is -0.229. The van der Waals surface area contributed by atoms with Crippen LogP contribution in [0.2, 0.25) is 0 Å². The summed E-state index contributed by atoms with van der Waals surface area (Å²) in [5, 5.41) is 6.10. The zero-order chi connectivity index (χ0) is 21.0. The lowest BCUT2D eigenvalue weighted by Gasteiger charge is -2.43. The Morgan fingerprint density at radius 3 is 1.97 bits per heavy atom. The summed E-state index contributed by atoms with van der Waals surface area (Å²) >= 11 is 0. The number of piperidine rings is 1. The van der Waals surface area contributed by atoms with Crippen LogP contribution in [-0.2, 0) is 5.41 Å². The molecule has 0 spiro atoms. The van der Waals surface area contributed by atoms with Crippen molar-refractivity contribution < 1.29 is 4.79 Å². The van der Waals surface area contributed by atoms with Gasteiger partial charge in [-0.25, -0.2) is 4.79 Å². The molecule has 2 amide bonds. The number of carbonyl (C=O) groups excluding carboxylic acids is 1. The summed E-state index contributed by atoms with van der Waals surface area (Å²) in [4.78, 5) is 15.0. The highest BCUT2D eigenvalue weighted by atomic mass is 16.2. The second-order valence-corrected chi connectivity index (χ2v) is 9.12. The maximum atomic E-state index is 12.4. The van der Waals surface area contributed by atoms with Gasteiger partial charge in [0.05, 0.1) is 0 Å². The number of nitrogens with one attached hydrogen (secondary N) is 2. The van der Waals surface area contributed by atoms with E-state index in [1.165, 1.54) is 36.8 Å². The number of nitrogens with zero attached hydrogens (tertiary/aromatic N) is 1. The summed E-state index contributed by atoms with van der Waals surface area (Å²) in [5.41, 5.74) is 2.35. The van der Waals surface area contributed by atoms with Crippen LogP contribution in [-0.4, -0.2) is 43.2 Å². The Kier molecular flexibility index (Phi) is 6.43. The molecule has 2 saturated heterocycles. The number of rotatable bonds is 7. The highest BCUT2D eigenvalue weighted by Gasteiger charge is 2.43. The molecule has 4 nitrogen and oxygen atoms in total. The van der Waals surface area contributed by atoms with E-state index < -0.39 is 0 Å². The van der Waals surface area contributed by atoms with Crippen LogP contribution in [0.4, 0.5) is 4.79 Å². The van der Waals surface area contributed by atoms with Gasteiger partial charge in [0.2, 0.25) is 0 Å². The normalized spacial score (nSPS) is 23.9. The molecule has 2 aromatic carbocycles. The Morgan fingerprint density at radius 2 is 1.47 bits per heavy atom. The van der Waals surface area contributed by atoms with Crippen molar-refractivity contribution in [3.05, 3.63) is 71.8 Å². The Labute approximate surface area is 181 Å². The third-order valence-corrected chi connectivity index (χ3v) is 7.37. The minimum Gasteiger partial charge on any atom is -0.338 e. The summed E-state index contributed by atoms with van der Waals surface area (Å²) < 4.78 is 0. The number of carbonyl (C=O) groups is 1. The van der Waals surface area contributed by atoms with Crippen LogP contribution >= 0.6 is 0 Å². The second kappa shape index (κ2) is 9.22. The standard InChI is InChI=1S/C26H35N3O/c1-3-27-25(30)28-19-26(21-10-6-4-7-11-21,22-12-8-5-9-13-22)18-20-16-23-14-15-24(17-20)29(23)2/h4-13,20,23-24H,3,14-19H2,1-2H3,(H2,27,28,30)/t20-,23+,24-. The Morgan fingerprint density at radius 1 is 0.933 bits per heavy atom. The van der Waals surface area contributed by atoms with Crippen molar-refractivity contribution in [3.63, 3.8) is 0 Å². The maximum Gasteiger partial charge on any atom is 0.314 e. The van der Waals surface area contributed by atoms with E-state index in [9.17, 15) is 4.79 Å². The molecule has 0 saturated carbocycles. The average Bonchev–Trinajstić information content (AvgIpc) is 2.98. The fourth-order valence-corrected chi connectivity index (χ4v) is 5.83. The number of fused-ring (bicyclic) bond motifs is 2. The molecule has 2 N–H and O–H groups in total. The van der Waals surface area contributed by atoms with Gasteiger partial charge in [-0.2, -0.15) is 0 Å². The van der Waals surface area contributed by atoms with Crippen molar-refractivity contribution in [2.24, 2.45) is 5.92 Å². The first kappa shape index (κ1) is 20.9. The van der Waals surface area contributed by atoms with E-state index in [1.54, 1.807) is 0 Å². The molecule has 4 rings (SSSR count). The molecule has 2 aliphatic rings. The van der Waals surface area contributed by atoms with Gasteiger partial charge in [-0.15, -0.1) is 0 Å². The predicted molar refractivity (Wildman–Crippen MR) is 123 cm³/mol. The molecule has 0 aliphatic carbocycles. The molecule has 0 unspecified atom stereocenters. The zero-order valence-electron chi connectivity index (χ0n) is 18.3. The molecule has 2 aromatic rings. The van der Waals surface area contributed by atoms with Crippen molar-refractivity contribution in [1.29, 1.82) is 0 Å². The highest BCUT2D eigenvalue weighted by Crippen LogP contribution is 2.45. The number of benzene rings is 2. The van der Waals surface area contributed by atoms with Crippen molar-refractivity contribution >= 4 is 6.03 Å². The maximum absolute atomic E-state index is 12.4. The van der Waals surface area contributed by atoms with Gasteiger partial charge in [0, 0.05) is 30.6 Å². The SMILES string of the molecule is CCNC(=O)NCC(C[C@H]1C[C@H]2CC[C@@H](C1)N2C)(c1ccccc1)c1ccccc1. The minimum absolute atomic E-state index is 0.0859. The van der Waals surface area contributed by atoms with Gasteiger partial charge in [0.1, 0.15) is 0 Å². The lowest BCUT2D eigenvalue weighted by molar-refractivity contribution is 0.118. The van der Waals surface area contributed by atoms with Crippen LogP contribution in [0.15, 0.2) is 60.7 Å². The van der Waals surface area contributed by atoms with Crippen molar-refractivity contribution in [2.75, 3.05) is 20.1 Å². The van der Waals surface area contributed by atoms with Gasteiger partial charge in [0.15, 0.2) is 0 Å². The lowest BCUT2D eigenvalue weighted by Crippen LogP contribution is -2.48. The lowest BCUT2D eigenvalue weighted by atomic mass is 9.67. The number of amides is 2. The molecule has 2 bridgehead atoms. The summed E-state index contributed by atoms with van der Waals surface area (Å²) in [6.45, 7) is 3.19. The molecule has 2 fully saturated rings. The van der Waals surface area contributed by atoms with Crippen molar-refractivity contribution in [3.8, 4) is 0 Å². The molecule has 30 heavy (non-hydrogen) atoms. The van der Waals surface area contributed by atoms with Crippen LogP contribution < -0.4 is 10.6 Å². The number of hydrogen-bond donors (Lipinski definition) is 2. The molecule has 3 atom stereocenters. The molecule has 4 heteroatoms. The van der Waals surface area contributed by atoms with Crippen molar-refractivity contribution in [1.82, 2.24) is 15.5 Å². The Bertz CT molecular complexity index is 769. The average molecular weight is 406 g/mol. The van der Waals surface area contributed by atoms with E-state index >= 15 is 0 Å². The first-order valence-corrected chi connectivity index (χ1v) is 11.5. The zero-order valence-corrected chi connectivity index (χ0v) is 18.3. The van der Waals surface area contributed by atoms with E-state index in [2.05, 4.69) is 83.2 Å². The van der Waals surface area contributed by atoms with Gasteiger partial charge in [0.25, 0.3) is 0 Å². The number of hydrogen-bond acceptors (Lipinski definition) is 2. The quantitative estimate of drug-likeness (QED) is 0.709. The van der Waals surface area contributed by atoms with E-state index in [0.29, 0.717) is 31.1 Å². The fraction of sp³-hybridized carbons (Fsp3) is 0.500. The molecule has 2 aliphatic heterocycles. The summed E-state index contributed by atoms with van der Waals surface area (Å²) in [6.07, 6.45) is 6.25. The van der Waals surface area contributed by atoms with Crippen LogP contribution in [0.25, 0.3) is 0 Å². The van der Waals surface area contributed by atoms with Gasteiger partial charge >= 0.3 is 6.03 Å². The van der Waals surface area contributed by atoms with Crippen LogP contribution in [0.5, 0.6) is 0 Å². The van der Waals surface area contributed by atoms with Crippen molar-refractivity contribution in [2.45, 2.75) is 56.5 Å². The summed E-state index contributed by atoms with van der Waals surface area (Å²) in [5.74, 6) is 0.662. The molecular weight excluding hydrogens is 370 g/mol. The van der Waals surface area contributed by atoms with Crippen LogP contribution in [0.3, 0.4) is 0 Å². The third kappa shape index (κ3) is 4.24. The highest BCUT2D eigenvalue weighted by molar-refractivity contribution is 5.74. The smallest absolute Gasteiger partial charge is 0.314 e. The molecule has 160 valence electrons. The molecule has 0 aromatic heterocycles. The van der Waals surface area contributed by atoms with E-state index in [-0.39, 0.29) is 11.4 Å². The molecular formula is C26H35N3O. The third-order valence-electron chi connectivity index (χ3n) is 7.37. The molecule has 0 radical (unpaired) electrons. The van der Waals surface area contributed by atoms with E-state index in [4.69, 9.17) is 0 Å². The van der Waals surface area contributed by atoms with Gasteiger partial charge in [-0.05, 0) is 63.1 Å². The van der Waals surface area contributed by atoms with Gasteiger partial charge in [-0.3, -0.25) is 0 Å². The Hall–Kier alpha value is -2.33. The van der Waals surface area contributed by atoms with E-state index in [1.807, 2.05) is 6.92 Å². The number of urea groups is 1. The fourth-order valence-electron chi connectivity index (χ4n) is 5.83.